The highest BCUT2D eigenvalue weighted by Gasteiger charge is 2.48. The van der Waals surface area contributed by atoms with Gasteiger partial charge in [-0.15, -0.1) is 0 Å². The zero-order chi connectivity index (χ0) is 51.0. The monoisotopic (exact) mass is 1010 g/mol. The minimum Gasteiger partial charge on any atom is -0.457 e. The van der Waals surface area contributed by atoms with Gasteiger partial charge in [0, 0.05) is 13.0 Å². The molecule has 6 atom stereocenters. The van der Waals surface area contributed by atoms with E-state index in [4.69, 9.17) is 18.9 Å². The highest BCUT2D eigenvalue weighted by Crippen LogP contribution is 2.26. The fraction of sp³-hybridized carbons (Fsp3) is 0.842. The van der Waals surface area contributed by atoms with Crippen LogP contribution in [0.3, 0.4) is 0 Å². The number of ether oxygens (including phenoxy) is 4. The van der Waals surface area contributed by atoms with E-state index in [9.17, 15) is 33.1 Å². The Morgan fingerprint density at radius 1 is 0.543 bits per heavy atom. The average Bonchev–Trinajstić information content (AvgIpc) is 3.34. The lowest BCUT2D eigenvalue weighted by Gasteiger charge is -2.41. The van der Waals surface area contributed by atoms with E-state index in [-0.39, 0.29) is 19.6 Å². The Kier molecular flexibility index (Phi) is 45.3. The molecule has 0 aromatic rings. The number of esters is 1. The molecular weight excluding hydrogens is 909 g/mol. The highest BCUT2D eigenvalue weighted by molar-refractivity contribution is 7.80. The number of aliphatic hydroxyl groups is 3. The Hall–Kier alpha value is -1.94. The Bertz CT molecular complexity index is 1400. The van der Waals surface area contributed by atoms with Gasteiger partial charge in [0.2, 0.25) is 0 Å². The molecule has 1 heterocycles. The minimum absolute atomic E-state index is 0.0285. The summed E-state index contributed by atoms with van der Waals surface area (Å²) < 4.78 is 59.4. The number of rotatable bonds is 50. The molecule has 0 saturated carbocycles. The van der Waals surface area contributed by atoms with Crippen molar-refractivity contribution in [1.82, 2.24) is 0 Å². The lowest BCUT2D eigenvalue weighted by atomic mass is 9.99. The molecule has 0 aromatic heterocycles. The van der Waals surface area contributed by atoms with Gasteiger partial charge in [-0.1, -0.05) is 210 Å². The first-order valence-electron chi connectivity index (χ1n) is 28.4. The van der Waals surface area contributed by atoms with Crippen molar-refractivity contribution in [3.8, 4) is 0 Å². The molecule has 4 N–H and O–H groups in total. The standard InChI is InChI=1S/C57H104O12S/c1-3-5-7-9-11-13-15-17-19-21-23-25-27-29-31-33-35-37-39-41-43-45-47-65-49-51(50-66-57-55(61)56(69-70(62,63)64)54(60)52(48-58)68-57)67-53(59)46-44-42-40-38-36-34-32-30-28-26-24-22-20-18-16-14-12-10-8-6-4-2/h15,17,21-24,27,29,51-52,54-58,60-61H,3-14,16,18-20,25-26,28,30-50H2,1-2H3,(H,62,63,64)/b17-15-,23-21-,24-22-,29-27-. The first-order valence-corrected chi connectivity index (χ1v) is 29.8. The smallest absolute Gasteiger partial charge is 0.397 e. The molecule has 13 heteroatoms. The third-order valence-electron chi connectivity index (χ3n) is 12.9. The lowest BCUT2D eigenvalue weighted by molar-refractivity contribution is -0.301. The van der Waals surface area contributed by atoms with E-state index in [2.05, 4.69) is 66.6 Å². The molecule has 0 radical (unpaired) electrons. The maximum atomic E-state index is 12.9. The maximum absolute atomic E-state index is 12.9. The van der Waals surface area contributed by atoms with Gasteiger partial charge in [-0.25, -0.2) is 4.18 Å². The molecule has 0 spiro atoms. The summed E-state index contributed by atoms with van der Waals surface area (Å²) in [7, 11) is -5.07. The number of carbonyl (C=O) groups excluding carboxylic acids is 1. The summed E-state index contributed by atoms with van der Waals surface area (Å²) in [5, 5.41) is 30.8. The van der Waals surface area contributed by atoms with Crippen LogP contribution in [0.2, 0.25) is 0 Å². The van der Waals surface area contributed by atoms with Crippen molar-refractivity contribution in [2.24, 2.45) is 0 Å². The lowest BCUT2D eigenvalue weighted by Crippen LogP contribution is -2.60. The summed E-state index contributed by atoms with van der Waals surface area (Å²) in [6.07, 6.45) is 51.4. The first kappa shape index (κ1) is 66.1. The van der Waals surface area contributed by atoms with Crippen molar-refractivity contribution in [2.75, 3.05) is 26.4 Å². The van der Waals surface area contributed by atoms with Gasteiger partial charge in [0.05, 0.1) is 19.8 Å². The van der Waals surface area contributed by atoms with E-state index in [1.807, 2.05) is 0 Å². The van der Waals surface area contributed by atoms with Gasteiger partial charge in [0.25, 0.3) is 0 Å². The molecule has 1 rings (SSSR count). The van der Waals surface area contributed by atoms with Crippen LogP contribution in [0.4, 0.5) is 0 Å². The van der Waals surface area contributed by atoms with E-state index < -0.39 is 59.8 Å². The first-order chi connectivity index (χ1) is 34.1. The molecular formula is C57H104O12S. The van der Waals surface area contributed by atoms with Gasteiger partial charge in [-0.2, -0.15) is 8.42 Å². The van der Waals surface area contributed by atoms with Crippen molar-refractivity contribution in [3.05, 3.63) is 48.6 Å². The molecule has 6 unspecified atom stereocenters. The minimum atomic E-state index is -5.07. The number of hydrogen-bond acceptors (Lipinski definition) is 11. The summed E-state index contributed by atoms with van der Waals surface area (Å²) in [5.74, 6) is -0.403. The van der Waals surface area contributed by atoms with Crippen LogP contribution in [0.15, 0.2) is 48.6 Å². The fourth-order valence-corrected chi connectivity index (χ4v) is 9.13. The quantitative estimate of drug-likeness (QED) is 0.0196. The third-order valence-corrected chi connectivity index (χ3v) is 13.4. The van der Waals surface area contributed by atoms with E-state index in [1.165, 1.54) is 161 Å². The second kappa shape index (κ2) is 48.0. The van der Waals surface area contributed by atoms with E-state index in [1.54, 1.807) is 0 Å². The Balaban J connectivity index is 2.33. The van der Waals surface area contributed by atoms with Crippen molar-refractivity contribution in [2.45, 2.75) is 282 Å². The van der Waals surface area contributed by atoms with Gasteiger partial charge < -0.3 is 34.3 Å². The predicted molar refractivity (Wildman–Crippen MR) is 285 cm³/mol. The van der Waals surface area contributed by atoms with Crippen LogP contribution in [0.1, 0.15) is 245 Å². The molecule has 0 aliphatic carbocycles. The number of hydrogen-bond donors (Lipinski definition) is 4. The van der Waals surface area contributed by atoms with Crippen LogP contribution in [0, 0.1) is 0 Å². The Labute approximate surface area is 427 Å². The summed E-state index contributed by atoms with van der Waals surface area (Å²) >= 11 is 0. The SMILES string of the molecule is CCCCCCC/C=C\C/C=C\C/C=C\CCCCCCCCCOCC(COC1OC(CO)C(O)C(OS(=O)(=O)O)C1O)OC(=O)CCCCCCCCCCC/C=C\CCCCCCCCCC. The topological polar surface area (TPSA) is 178 Å². The molecule has 410 valence electrons. The summed E-state index contributed by atoms with van der Waals surface area (Å²) in [6, 6.07) is 0. The second-order valence-corrected chi connectivity index (χ2v) is 20.6. The molecule has 70 heavy (non-hydrogen) atoms. The second-order valence-electron chi connectivity index (χ2n) is 19.5. The van der Waals surface area contributed by atoms with Gasteiger partial charge in [0.15, 0.2) is 6.29 Å². The van der Waals surface area contributed by atoms with Gasteiger partial charge in [-0.05, 0) is 77.0 Å². The van der Waals surface area contributed by atoms with Crippen LogP contribution in [-0.4, -0.2) is 97.5 Å². The van der Waals surface area contributed by atoms with Crippen LogP contribution in [0.25, 0.3) is 0 Å². The van der Waals surface area contributed by atoms with Crippen molar-refractivity contribution >= 4 is 16.4 Å². The largest absolute Gasteiger partial charge is 0.457 e. The predicted octanol–water partition coefficient (Wildman–Crippen LogP) is 13.9. The zero-order valence-corrected chi connectivity index (χ0v) is 45.1. The molecule has 0 aromatic carbocycles. The average molecular weight is 1010 g/mol. The Morgan fingerprint density at radius 3 is 1.39 bits per heavy atom. The molecule has 12 nitrogen and oxygen atoms in total. The molecule has 1 fully saturated rings. The van der Waals surface area contributed by atoms with Crippen molar-refractivity contribution < 1.29 is 56.2 Å². The molecule has 1 saturated heterocycles. The van der Waals surface area contributed by atoms with Crippen LogP contribution in [-0.2, 0) is 38.3 Å². The van der Waals surface area contributed by atoms with E-state index in [0.29, 0.717) is 13.0 Å². The van der Waals surface area contributed by atoms with Crippen LogP contribution >= 0.6 is 0 Å². The Morgan fingerprint density at radius 2 is 0.943 bits per heavy atom. The maximum Gasteiger partial charge on any atom is 0.397 e. The zero-order valence-electron chi connectivity index (χ0n) is 44.3. The number of aliphatic hydroxyl groups excluding tert-OH is 3. The van der Waals surface area contributed by atoms with Gasteiger partial charge in [0.1, 0.15) is 30.5 Å². The van der Waals surface area contributed by atoms with Crippen molar-refractivity contribution in [1.29, 1.82) is 0 Å². The number of carbonyl (C=O) groups is 1. The van der Waals surface area contributed by atoms with Crippen LogP contribution in [0.5, 0.6) is 0 Å². The highest BCUT2D eigenvalue weighted by atomic mass is 32.3. The van der Waals surface area contributed by atoms with Crippen molar-refractivity contribution in [3.63, 3.8) is 0 Å². The fourth-order valence-electron chi connectivity index (χ4n) is 8.62. The third kappa shape index (κ3) is 40.5. The number of unbranched alkanes of at least 4 members (excludes halogenated alkanes) is 29. The number of allylic oxidation sites excluding steroid dienone is 8. The molecule has 0 amide bonds. The van der Waals surface area contributed by atoms with Gasteiger partial charge >= 0.3 is 16.4 Å². The van der Waals surface area contributed by atoms with E-state index >= 15 is 0 Å². The van der Waals surface area contributed by atoms with Gasteiger partial charge in [-0.3, -0.25) is 9.35 Å². The van der Waals surface area contributed by atoms with Crippen LogP contribution < -0.4 is 0 Å². The van der Waals surface area contributed by atoms with E-state index in [0.717, 1.165) is 57.8 Å². The summed E-state index contributed by atoms with van der Waals surface area (Å²) in [6.45, 7) is 3.99. The summed E-state index contributed by atoms with van der Waals surface area (Å²) in [4.78, 5) is 12.9. The summed E-state index contributed by atoms with van der Waals surface area (Å²) in [5.41, 5.74) is 0. The molecule has 1 aliphatic rings. The normalized spacial score (nSPS) is 19.4. The molecule has 0 bridgehead atoms. The molecule has 1 aliphatic heterocycles.